The number of benzene rings is 1. The van der Waals surface area contributed by atoms with Gasteiger partial charge in [-0.25, -0.2) is 4.98 Å². The summed E-state index contributed by atoms with van der Waals surface area (Å²) >= 11 is 1.63. The monoisotopic (exact) mass is 596 g/mol. The average molecular weight is 597 g/mol. The number of ketones is 1. The molecule has 4 fully saturated rings. The molecule has 1 aliphatic carbocycles. The Morgan fingerprint density at radius 2 is 1.90 bits per heavy atom. The van der Waals surface area contributed by atoms with E-state index >= 15 is 0 Å². The zero-order valence-electron chi connectivity index (χ0n) is 24.1. The molecular weight excluding hydrogens is 556 g/mol. The maximum absolute atomic E-state index is 13.8. The number of fused-ring (bicyclic) bond motifs is 1. The van der Waals surface area contributed by atoms with Crippen LogP contribution in [-0.4, -0.2) is 116 Å². The highest BCUT2D eigenvalue weighted by atomic mass is 32.1. The lowest BCUT2D eigenvalue weighted by Gasteiger charge is -2.34. The Morgan fingerprint density at radius 1 is 1.17 bits per heavy atom. The van der Waals surface area contributed by atoms with Gasteiger partial charge in [0.1, 0.15) is 24.8 Å². The number of thiazole rings is 1. The number of likely N-dealkylation sites (tertiary alicyclic amines) is 1. The fourth-order valence-electron chi connectivity index (χ4n) is 6.71. The summed E-state index contributed by atoms with van der Waals surface area (Å²) in [6.45, 7) is 5.77. The summed E-state index contributed by atoms with van der Waals surface area (Å²) in [6, 6.07) is 5.61. The summed E-state index contributed by atoms with van der Waals surface area (Å²) in [6.07, 6.45) is 3.30. The first-order valence-corrected chi connectivity index (χ1v) is 15.8. The number of nitrogens with one attached hydrogen (secondary N) is 1. The number of nitrogens with zero attached hydrogens (tertiary/aromatic N) is 4. The Balaban J connectivity index is 1.10. The number of Topliss-reactive ketones (excluding diaryl/α,β-unsaturated/α-hetero) is 1. The van der Waals surface area contributed by atoms with E-state index in [1.807, 2.05) is 12.1 Å². The van der Waals surface area contributed by atoms with Crippen LogP contribution in [0.2, 0.25) is 0 Å². The van der Waals surface area contributed by atoms with Crippen molar-refractivity contribution in [3.05, 3.63) is 35.2 Å². The first-order chi connectivity index (χ1) is 20.4. The first-order valence-electron chi connectivity index (χ1n) is 15.0. The van der Waals surface area contributed by atoms with Gasteiger partial charge in [-0.15, -0.1) is 11.3 Å². The van der Waals surface area contributed by atoms with Crippen LogP contribution in [-0.2, 0) is 19.1 Å². The molecule has 11 nitrogen and oxygen atoms in total. The summed E-state index contributed by atoms with van der Waals surface area (Å²) in [7, 11) is 1.73. The molecule has 3 N–H and O–H groups in total. The van der Waals surface area contributed by atoms with Gasteiger partial charge < -0.3 is 30.3 Å². The number of methoxy groups -OCH3 is 1. The molecule has 226 valence electrons. The third kappa shape index (κ3) is 5.96. The highest BCUT2D eigenvalue weighted by Gasteiger charge is 2.52. The topological polar surface area (TPSA) is 130 Å². The minimum absolute atomic E-state index is 0.0222. The number of rotatable bonds is 9. The van der Waals surface area contributed by atoms with Gasteiger partial charge in [0, 0.05) is 62.9 Å². The van der Waals surface area contributed by atoms with Crippen LogP contribution in [0.4, 0.5) is 5.13 Å². The van der Waals surface area contributed by atoms with Crippen LogP contribution >= 0.6 is 11.3 Å². The maximum Gasteiger partial charge on any atom is 0.251 e. The molecule has 0 radical (unpaired) electrons. The highest BCUT2D eigenvalue weighted by molar-refractivity contribution is 7.14. The second-order valence-corrected chi connectivity index (χ2v) is 12.6. The van der Waals surface area contributed by atoms with Crippen LogP contribution in [0.1, 0.15) is 36.0 Å². The van der Waals surface area contributed by atoms with Crippen LogP contribution in [0.25, 0.3) is 11.3 Å². The minimum Gasteiger partial charge on any atom is -0.383 e. The number of carbonyl (C=O) groups excluding carboxylic acids is 3. The standard InChI is InChI=1S/C30H40N6O5S/c1-40-15-14-34-10-12-35(13-11-34)30-32-23(18-42-30)19-6-8-21(9-7-19)28(38)33-25(20-4-2-3-5-20)29(39)36-16-22(31)27-26(36)24(37)17-41-27/h6-9,18,20,22,25-27H,2-5,10-17,31H2,1H3,(H,33,38)/t22-,25-,26+,27+/m0/s1. The van der Waals surface area contributed by atoms with Crippen LogP contribution in [0.3, 0.4) is 0 Å². The molecule has 3 saturated heterocycles. The molecule has 6 rings (SSSR count). The van der Waals surface area contributed by atoms with Crippen LogP contribution in [0.5, 0.6) is 0 Å². The molecule has 1 saturated carbocycles. The van der Waals surface area contributed by atoms with E-state index in [-0.39, 0.29) is 36.7 Å². The molecule has 3 aliphatic heterocycles. The number of amides is 2. The lowest BCUT2D eigenvalue weighted by Crippen LogP contribution is -2.54. The summed E-state index contributed by atoms with van der Waals surface area (Å²) in [5.74, 6) is -0.624. The number of ether oxygens (including phenoxy) is 2. The lowest BCUT2D eigenvalue weighted by atomic mass is 9.95. The van der Waals surface area contributed by atoms with Gasteiger partial charge in [-0.1, -0.05) is 25.0 Å². The van der Waals surface area contributed by atoms with Crippen molar-refractivity contribution in [3.63, 3.8) is 0 Å². The van der Waals surface area contributed by atoms with Crippen LogP contribution < -0.4 is 16.0 Å². The molecule has 1 aromatic carbocycles. The quantitative estimate of drug-likeness (QED) is 0.441. The number of hydrogen-bond acceptors (Lipinski definition) is 10. The van der Waals surface area contributed by atoms with Gasteiger partial charge in [-0.05, 0) is 30.9 Å². The van der Waals surface area contributed by atoms with Crippen molar-refractivity contribution < 1.29 is 23.9 Å². The van der Waals surface area contributed by atoms with E-state index in [2.05, 4.69) is 20.5 Å². The second kappa shape index (κ2) is 12.8. The molecule has 4 heterocycles. The molecule has 2 amide bonds. The van der Waals surface area contributed by atoms with Crippen LogP contribution in [0, 0.1) is 5.92 Å². The number of anilines is 1. The Bertz CT molecular complexity index is 1270. The van der Waals surface area contributed by atoms with Crippen LogP contribution in [0.15, 0.2) is 29.6 Å². The SMILES string of the molecule is COCCN1CCN(c2nc(-c3ccc(C(=O)N[C@H](C(=O)N4C[C@H](N)[C@H]5OCC(=O)[C@H]54)C4CCCC4)cc3)cs2)CC1. The van der Waals surface area contributed by atoms with E-state index < -0.39 is 24.2 Å². The Morgan fingerprint density at radius 3 is 2.62 bits per heavy atom. The molecule has 2 aromatic rings. The fourth-order valence-corrected chi connectivity index (χ4v) is 7.60. The van der Waals surface area contributed by atoms with Gasteiger partial charge in [0.15, 0.2) is 10.9 Å². The zero-order valence-corrected chi connectivity index (χ0v) is 24.9. The third-order valence-electron chi connectivity index (χ3n) is 9.12. The molecule has 0 spiro atoms. The van der Waals surface area contributed by atoms with E-state index in [1.165, 1.54) is 0 Å². The van der Waals surface area contributed by atoms with Gasteiger partial charge in [0.2, 0.25) is 5.91 Å². The van der Waals surface area contributed by atoms with Gasteiger partial charge in [-0.3, -0.25) is 19.3 Å². The predicted molar refractivity (Wildman–Crippen MR) is 160 cm³/mol. The van der Waals surface area contributed by atoms with Gasteiger partial charge in [0.25, 0.3) is 5.91 Å². The Labute approximate surface area is 250 Å². The summed E-state index contributed by atoms with van der Waals surface area (Å²) in [5.41, 5.74) is 8.51. The van der Waals surface area contributed by atoms with Crippen molar-refractivity contribution in [3.8, 4) is 11.3 Å². The largest absolute Gasteiger partial charge is 0.383 e. The van der Waals surface area contributed by atoms with Crippen molar-refractivity contribution in [2.75, 3.05) is 64.5 Å². The lowest BCUT2D eigenvalue weighted by molar-refractivity contribution is -0.139. The molecule has 4 aliphatic rings. The van der Waals surface area contributed by atoms with E-state index in [0.717, 1.165) is 81.4 Å². The molecule has 0 bridgehead atoms. The molecule has 42 heavy (non-hydrogen) atoms. The summed E-state index contributed by atoms with van der Waals surface area (Å²) < 4.78 is 10.8. The number of nitrogens with two attached hydrogens (primary N) is 1. The van der Waals surface area contributed by atoms with Crippen molar-refractivity contribution in [1.29, 1.82) is 0 Å². The van der Waals surface area contributed by atoms with Gasteiger partial charge in [-0.2, -0.15) is 0 Å². The normalized spacial score (nSPS) is 25.7. The number of hydrogen-bond donors (Lipinski definition) is 2. The van der Waals surface area contributed by atoms with Gasteiger partial charge >= 0.3 is 0 Å². The number of carbonyl (C=O) groups is 3. The smallest absolute Gasteiger partial charge is 0.251 e. The Hall–Kier alpha value is -2.90. The first kappa shape index (κ1) is 29.2. The fraction of sp³-hybridized carbons (Fsp3) is 0.600. The van der Waals surface area contributed by atoms with E-state index in [0.29, 0.717) is 5.56 Å². The molecule has 12 heteroatoms. The Kier molecular flexibility index (Phi) is 8.87. The number of piperazine rings is 1. The second-order valence-electron chi connectivity index (χ2n) is 11.8. The molecule has 4 atom stereocenters. The van der Waals surface area contributed by atoms with E-state index in [1.54, 1.807) is 35.5 Å². The van der Waals surface area contributed by atoms with Crippen molar-refractivity contribution >= 4 is 34.1 Å². The molecule has 1 aromatic heterocycles. The molecular formula is C30H40N6O5S. The predicted octanol–water partition coefficient (Wildman–Crippen LogP) is 1.37. The van der Waals surface area contributed by atoms with Gasteiger partial charge in [0.05, 0.1) is 18.3 Å². The maximum atomic E-state index is 13.8. The van der Waals surface area contributed by atoms with E-state index in [9.17, 15) is 14.4 Å². The third-order valence-corrected chi connectivity index (χ3v) is 10.0. The highest BCUT2D eigenvalue weighted by Crippen LogP contribution is 2.33. The number of aromatic nitrogens is 1. The summed E-state index contributed by atoms with van der Waals surface area (Å²) in [5, 5.41) is 6.09. The average Bonchev–Trinajstić information content (AvgIpc) is 3.83. The van der Waals surface area contributed by atoms with E-state index in [4.69, 9.17) is 20.2 Å². The molecule has 0 unspecified atom stereocenters. The van der Waals surface area contributed by atoms with Crippen molar-refractivity contribution in [1.82, 2.24) is 20.1 Å². The summed E-state index contributed by atoms with van der Waals surface area (Å²) in [4.78, 5) is 50.9. The minimum atomic E-state index is -0.699. The zero-order chi connectivity index (χ0) is 29.2. The van der Waals surface area contributed by atoms with Crippen molar-refractivity contribution in [2.45, 2.75) is 49.9 Å². The van der Waals surface area contributed by atoms with Crippen molar-refractivity contribution in [2.24, 2.45) is 11.7 Å².